The standard InChI is InChI=1S/C90H57N5/c91-58-59-36-38-67(39-37-59)86-87(66-34-20-7-21-35-66)89(94-82-54-70(62-26-12-3-13-27-62)42-48-76(82)77-49-43-71(55-83(77)94)63-28-14-4-15-29-63)92-90(95-84-56-72(64-30-16-5-17-31-64)44-50-78(84)79-51-45-73(57-85(79)95)65-32-18-6-19-33-65)88(86)93-80-52-68(60-22-8-1-9-23-60)40-46-74(80)75-47-41-69(53-81(75)93)61-24-10-2-11-25-61/h1-57H. The van der Waals surface area contributed by atoms with Crippen LogP contribution in [0, 0.1) is 11.3 Å². The molecule has 4 heterocycles. The van der Waals surface area contributed by atoms with E-state index in [2.05, 4.69) is 353 Å². The van der Waals surface area contributed by atoms with Crippen molar-refractivity contribution in [3.05, 3.63) is 351 Å². The van der Waals surface area contributed by atoms with E-state index in [0.717, 1.165) is 172 Å². The second-order valence-electron chi connectivity index (χ2n) is 24.5. The summed E-state index contributed by atoms with van der Waals surface area (Å²) in [6, 6.07) is 127. The Kier molecular flexibility index (Phi) is 13.2. The molecule has 0 atom stereocenters. The van der Waals surface area contributed by atoms with Crippen LogP contribution in [-0.4, -0.2) is 18.7 Å². The minimum atomic E-state index is 0.566. The summed E-state index contributed by atoms with van der Waals surface area (Å²) in [5.74, 6) is 1.46. The SMILES string of the molecule is N#Cc1ccc(-c2c(-c3ccccc3)c(-n3c4cc(-c5ccccc5)ccc4c4ccc(-c5ccccc5)cc43)nc(-n3c4cc(-c5ccccc5)ccc4c4ccc(-c5ccccc5)cc43)c2-n2c3cc(-c4ccccc4)ccc3c3ccc(-c4ccccc4)cc32)cc1. The summed E-state index contributed by atoms with van der Waals surface area (Å²) in [6.07, 6.45) is 0. The van der Waals surface area contributed by atoms with Crippen molar-refractivity contribution in [1.29, 1.82) is 5.26 Å². The molecule has 18 rings (SSSR count). The largest absolute Gasteiger partial charge is 0.305 e. The van der Waals surface area contributed by atoms with Crippen molar-refractivity contribution < 1.29 is 0 Å². The van der Waals surface area contributed by atoms with E-state index in [9.17, 15) is 5.26 Å². The number of nitrogens with zero attached hydrogens (tertiary/aromatic N) is 5. The number of rotatable bonds is 11. The van der Waals surface area contributed by atoms with Crippen LogP contribution in [0.25, 0.3) is 172 Å². The quantitative estimate of drug-likeness (QED) is 0.130. The van der Waals surface area contributed by atoms with Crippen molar-refractivity contribution in [1.82, 2.24) is 18.7 Å². The van der Waals surface area contributed by atoms with Gasteiger partial charge >= 0.3 is 0 Å². The predicted octanol–water partition coefficient (Wildman–Crippen LogP) is 23.6. The van der Waals surface area contributed by atoms with E-state index in [4.69, 9.17) is 4.98 Å². The van der Waals surface area contributed by atoms with Crippen LogP contribution in [0.3, 0.4) is 0 Å². The van der Waals surface area contributed by atoms with Gasteiger partial charge in [-0.25, -0.2) is 4.98 Å². The highest BCUT2D eigenvalue weighted by molar-refractivity contribution is 6.16. The second kappa shape index (κ2) is 22.8. The van der Waals surface area contributed by atoms with Crippen molar-refractivity contribution >= 4 is 65.4 Å². The number of benzene rings is 14. The molecule has 0 amide bonds. The molecule has 14 aromatic carbocycles. The van der Waals surface area contributed by atoms with Gasteiger partial charge in [0.05, 0.1) is 50.4 Å². The summed E-state index contributed by atoms with van der Waals surface area (Å²) in [5, 5.41) is 17.3. The fourth-order valence-corrected chi connectivity index (χ4v) is 14.6. The molecule has 5 heteroatoms. The summed E-state index contributed by atoms with van der Waals surface area (Å²) >= 11 is 0. The van der Waals surface area contributed by atoms with Gasteiger partial charge in [0, 0.05) is 43.4 Å². The molecule has 0 aliphatic heterocycles. The predicted molar refractivity (Wildman–Crippen MR) is 395 cm³/mol. The highest BCUT2D eigenvalue weighted by atomic mass is 15.2. The Balaban J connectivity index is 1.11. The second-order valence-corrected chi connectivity index (χ2v) is 24.5. The summed E-state index contributed by atoms with van der Waals surface area (Å²) in [7, 11) is 0. The van der Waals surface area contributed by atoms with Crippen LogP contribution in [-0.2, 0) is 0 Å². The van der Waals surface area contributed by atoms with Crippen molar-refractivity contribution in [3.8, 4) is 112 Å². The summed E-state index contributed by atoms with van der Waals surface area (Å²) in [6.45, 7) is 0. The molecule has 0 aliphatic rings. The summed E-state index contributed by atoms with van der Waals surface area (Å²) in [5.41, 5.74) is 24.5. The van der Waals surface area contributed by atoms with Crippen molar-refractivity contribution in [2.24, 2.45) is 0 Å². The maximum absolute atomic E-state index is 10.7. The third-order valence-electron chi connectivity index (χ3n) is 19.1. The average molecular weight is 1210 g/mol. The number of hydrogen-bond acceptors (Lipinski definition) is 2. The molecule has 95 heavy (non-hydrogen) atoms. The number of hydrogen-bond donors (Lipinski definition) is 0. The van der Waals surface area contributed by atoms with Gasteiger partial charge in [0.2, 0.25) is 0 Å². The lowest BCUT2D eigenvalue weighted by Crippen LogP contribution is -2.13. The Hall–Kier alpha value is -12.9. The monoisotopic (exact) mass is 1210 g/mol. The lowest BCUT2D eigenvalue weighted by molar-refractivity contribution is 0.987. The Bertz CT molecular complexity index is 5740. The van der Waals surface area contributed by atoms with Gasteiger partial charge < -0.3 is 4.57 Å². The van der Waals surface area contributed by atoms with E-state index >= 15 is 0 Å². The smallest absolute Gasteiger partial charge is 0.165 e. The van der Waals surface area contributed by atoms with Gasteiger partial charge in [-0.1, -0.05) is 297 Å². The Morgan fingerprint density at radius 3 is 0.716 bits per heavy atom. The molecule has 0 bridgehead atoms. The van der Waals surface area contributed by atoms with E-state index < -0.39 is 0 Å². The van der Waals surface area contributed by atoms with Crippen LogP contribution in [0.15, 0.2) is 346 Å². The number of aromatic nitrogens is 4. The molecule has 0 saturated heterocycles. The van der Waals surface area contributed by atoms with Crippen molar-refractivity contribution in [2.45, 2.75) is 0 Å². The molecule has 0 fully saturated rings. The zero-order valence-electron chi connectivity index (χ0n) is 51.6. The fourth-order valence-electron chi connectivity index (χ4n) is 14.6. The number of fused-ring (bicyclic) bond motifs is 9. The third-order valence-corrected chi connectivity index (χ3v) is 19.1. The van der Waals surface area contributed by atoms with E-state index in [-0.39, 0.29) is 0 Å². The number of pyridine rings is 1. The molecule has 0 radical (unpaired) electrons. The Morgan fingerprint density at radius 1 is 0.211 bits per heavy atom. The highest BCUT2D eigenvalue weighted by Gasteiger charge is 2.32. The lowest BCUT2D eigenvalue weighted by Gasteiger charge is -2.26. The first-order valence-corrected chi connectivity index (χ1v) is 32.3. The normalized spacial score (nSPS) is 11.6. The van der Waals surface area contributed by atoms with Crippen LogP contribution in [0.1, 0.15) is 5.56 Å². The molecule has 18 aromatic rings. The van der Waals surface area contributed by atoms with Gasteiger partial charge in [-0.05, 0) is 126 Å². The van der Waals surface area contributed by atoms with Gasteiger partial charge in [0.15, 0.2) is 5.82 Å². The summed E-state index contributed by atoms with van der Waals surface area (Å²) in [4.78, 5) is 6.65. The Morgan fingerprint density at radius 2 is 0.442 bits per heavy atom. The first-order valence-electron chi connectivity index (χ1n) is 32.3. The molecule has 0 N–H and O–H groups in total. The first-order chi connectivity index (χ1) is 47.1. The van der Waals surface area contributed by atoms with Crippen LogP contribution in [0.4, 0.5) is 0 Å². The molecular formula is C90H57N5. The van der Waals surface area contributed by atoms with Crippen LogP contribution < -0.4 is 0 Å². The molecule has 0 spiro atoms. The zero-order chi connectivity index (χ0) is 62.9. The zero-order valence-corrected chi connectivity index (χ0v) is 51.6. The maximum Gasteiger partial charge on any atom is 0.165 e. The maximum atomic E-state index is 10.7. The average Bonchev–Trinajstić information content (AvgIpc) is 1.64. The van der Waals surface area contributed by atoms with Gasteiger partial charge in [0.1, 0.15) is 5.82 Å². The van der Waals surface area contributed by atoms with E-state index in [1.54, 1.807) is 0 Å². The topological polar surface area (TPSA) is 51.5 Å². The minimum absolute atomic E-state index is 0.566. The van der Waals surface area contributed by atoms with Gasteiger partial charge in [-0.2, -0.15) is 5.26 Å². The molecule has 4 aromatic heterocycles. The van der Waals surface area contributed by atoms with Crippen LogP contribution in [0.5, 0.6) is 0 Å². The molecule has 442 valence electrons. The first kappa shape index (κ1) is 55.0. The van der Waals surface area contributed by atoms with Crippen LogP contribution >= 0.6 is 0 Å². The van der Waals surface area contributed by atoms with E-state index in [1.807, 2.05) is 12.1 Å². The minimum Gasteiger partial charge on any atom is -0.305 e. The molecule has 0 unspecified atom stereocenters. The van der Waals surface area contributed by atoms with Gasteiger partial charge in [-0.15, -0.1) is 0 Å². The number of nitriles is 1. The molecule has 0 saturated carbocycles. The fraction of sp³-hybridized carbons (Fsp3) is 0. The van der Waals surface area contributed by atoms with Gasteiger partial charge in [-0.3, -0.25) is 9.13 Å². The summed E-state index contributed by atoms with van der Waals surface area (Å²) < 4.78 is 7.46. The molecule has 0 aliphatic carbocycles. The molecular weight excluding hydrogens is 1150 g/mol. The van der Waals surface area contributed by atoms with E-state index in [0.29, 0.717) is 5.56 Å². The molecule has 5 nitrogen and oxygen atoms in total. The van der Waals surface area contributed by atoms with E-state index in [1.165, 1.54) is 0 Å². The third kappa shape index (κ3) is 9.34. The van der Waals surface area contributed by atoms with Crippen molar-refractivity contribution in [2.75, 3.05) is 0 Å². The lowest BCUT2D eigenvalue weighted by atomic mass is 9.92. The Labute approximate surface area is 549 Å². The highest BCUT2D eigenvalue weighted by Crippen LogP contribution is 2.51. The van der Waals surface area contributed by atoms with Crippen LogP contribution in [0.2, 0.25) is 0 Å². The van der Waals surface area contributed by atoms with Crippen molar-refractivity contribution in [3.63, 3.8) is 0 Å². The van der Waals surface area contributed by atoms with Gasteiger partial charge in [0.25, 0.3) is 0 Å².